The Balaban J connectivity index is 2.00. The Morgan fingerprint density at radius 2 is 1.76 bits per heavy atom. The number of para-hydroxylation sites is 1. The van der Waals surface area contributed by atoms with Crippen molar-refractivity contribution in [2.24, 2.45) is 0 Å². The second-order valence-electron chi connectivity index (χ2n) is 5.82. The van der Waals surface area contributed by atoms with Crippen molar-refractivity contribution in [1.29, 1.82) is 0 Å². The molecule has 0 amide bonds. The zero-order chi connectivity index (χ0) is 17.6. The fourth-order valence-corrected chi connectivity index (χ4v) is 2.94. The van der Waals surface area contributed by atoms with Crippen molar-refractivity contribution in [2.45, 2.75) is 24.8 Å². The molecule has 6 heteroatoms. The molecule has 0 saturated heterocycles. The van der Waals surface area contributed by atoms with Gasteiger partial charge < -0.3 is 10.6 Å². The molecule has 2 N–H and O–H groups in total. The SMILES string of the molecule is CSc1ccccc1Nc1cc(-c2ccncc2)nc(NC(C)C)n1. The highest BCUT2D eigenvalue weighted by molar-refractivity contribution is 7.98. The lowest BCUT2D eigenvalue weighted by Gasteiger charge is -2.14. The topological polar surface area (TPSA) is 62.7 Å². The molecule has 0 fully saturated rings. The number of hydrogen-bond donors (Lipinski definition) is 2. The van der Waals surface area contributed by atoms with Gasteiger partial charge in [0.2, 0.25) is 5.95 Å². The van der Waals surface area contributed by atoms with Crippen LogP contribution in [0.25, 0.3) is 11.3 Å². The molecular formula is C19H21N5S. The summed E-state index contributed by atoms with van der Waals surface area (Å²) in [5.74, 6) is 1.36. The van der Waals surface area contributed by atoms with E-state index in [1.54, 1.807) is 24.2 Å². The number of nitrogens with one attached hydrogen (secondary N) is 2. The maximum Gasteiger partial charge on any atom is 0.225 e. The zero-order valence-corrected chi connectivity index (χ0v) is 15.3. The number of nitrogens with zero attached hydrogens (tertiary/aromatic N) is 3. The largest absolute Gasteiger partial charge is 0.352 e. The summed E-state index contributed by atoms with van der Waals surface area (Å²) < 4.78 is 0. The summed E-state index contributed by atoms with van der Waals surface area (Å²) in [4.78, 5) is 14.5. The highest BCUT2D eigenvalue weighted by Crippen LogP contribution is 2.29. The van der Waals surface area contributed by atoms with Gasteiger partial charge in [-0.25, -0.2) is 4.98 Å². The van der Waals surface area contributed by atoms with Gasteiger partial charge in [-0.2, -0.15) is 4.98 Å². The van der Waals surface area contributed by atoms with Gasteiger partial charge in [0.05, 0.1) is 11.4 Å². The minimum atomic E-state index is 0.249. The summed E-state index contributed by atoms with van der Waals surface area (Å²) in [5.41, 5.74) is 2.89. The Kier molecular flexibility index (Phi) is 5.50. The molecule has 0 radical (unpaired) electrons. The van der Waals surface area contributed by atoms with Crippen molar-refractivity contribution in [1.82, 2.24) is 15.0 Å². The van der Waals surface area contributed by atoms with Crippen molar-refractivity contribution >= 4 is 29.2 Å². The van der Waals surface area contributed by atoms with Crippen LogP contribution in [0.15, 0.2) is 59.8 Å². The van der Waals surface area contributed by atoms with Crippen molar-refractivity contribution < 1.29 is 0 Å². The fraction of sp³-hybridized carbons (Fsp3) is 0.211. The highest BCUT2D eigenvalue weighted by atomic mass is 32.2. The molecule has 0 unspecified atom stereocenters. The second-order valence-corrected chi connectivity index (χ2v) is 6.67. The van der Waals surface area contributed by atoms with Crippen LogP contribution in [0.4, 0.5) is 17.5 Å². The molecule has 25 heavy (non-hydrogen) atoms. The number of benzene rings is 1. The molecule has 0 aliphatic carbocycles. The van der Waals surface area contributed by atoms with Gasteiger partial charge in [-0.15, -0.1) is 11.8 Å². The van der Waals surface area contributed by atoms with Crippen LogP contribution in [-0.2, 0) is 0 Å². The Labute approximate surface area is 152 Å². The van der Waals surface area contributed by atoms with Gasteiger partial charge in [-0.3, -0.25) is 4.98 Å². The van der Waals surface area contributed by atoms with Crippen LogP contribution in [0.1, 0.15) is 13.8 Å². The van der Waals surface area contributed by atoms with E-state index >= 15 is 0 Å². The Morgan fingerprint density at radius 1 is 1.00 bits per heavy atom. The Bertz CT molecular complexity index is 836. The average Bonchev–Trinajstić information content (AvgIpc) is 2.62. The molecule has 0 spiro atoms. The minimum absolute atomic E-state index is 0.249. The lowest BCUT2D eigenvalue weighted by Crippen LogP contribution is -2.13. The van der Waals surface area contributed by atoms with E-state index in [2.05, 4.69) is 57.8 Å². The molecule has 2 heterocycles. The van der Waals surface area contributed by atoms with E-state index < -0.39 is 0 Å². The maximum absolute atomic E-state index is 4.63. The van der Waals surface area contributed by atoms with Gasteiger partial charge in [-0.1, -0.05) is 12.1 Å². The molecule has 0 saturated carbocycles. The molecule has 1 aromatic carbocycles. The first-order valence-corrected chi connectivity index (χ1v) is 9.34. The summed E-state index contributed by atoms with van der Waals surface area (Å²) >= 11 is 1.70. The lowest BCUT2D eigenvalue weighted by atomic mass is 10.2. The standard InChI is InChI=1S/C19H21N5S/c1-13(2)21-19-23-16(14-8-10-20-11-9-14)12-18(24-19)22-15-6-4-5-7-17(15)25-3/h4-13H,1-3H3,(H2,21,22,23,24). The van der Waals surface area contributed by atoms with Gasteiger partial charge >= 0.3 is 0 Å². The monoisotopic (exact) mass is 351 g/mol. The lowest BCUT2D eigenvalue weighted by molar-refractivity contribution is 0.876. The maximum atomic E-state index is 4.63. The van der Waals surface area contributed by atoms with E-state index in [9.17, 15) is 0 Å². The van der Waals surface area contributed by atoms with E-state index in [-0.39, 0.29) is 6.04 Å². The summed E-state index contributed by atoms with van der Waals surface area (Å²) in [6.45, 7) is 4.14. The van der Waals surface area contributed by atoms with Crippen LogP contribution in [-0.4, -0.2) is 27.2 Å². The van der Waals surface area contributed by atoms with E-state index in [1.807, 2.05) is 30.3 Å². The molecule has 0 atom stereocenters. The van der Waals surface area contributed by atoms with Crippen LogP contribution in [0.3, 0.4) is 0 Å². The van der Waals surface area contributed by atoms with Crippen molar-refractivity contribution in [3.05, 3.63) is 54.9 Å². The van der Waals surface area contributed by atoms with Gasteiger partial charge in [0.25, 0.3) is 0 Å². The third-order valence-electron chi connectivity index (χ3n) is 3.49. The number of anilines is 3. The molecule has 3 rings (SSSR count). The normalized spacial score (nSPS) is 10.7. The third-order valence-corrected chi connectivity index (χ3v) is 4.29. The average molecular weight is 351 g/mol. The Morgan fingerprint density at radius 3 is 2.48 bits per heavy atom. The predicted molar refractivity (Wildman–Crippen MR) is 106 cm³/mol. The fourth-order valence-electron chi connectivity index (χ4n) is 2.39. The summed E-state index contributed by atoms with van der Waals surface area (Å²) in [6.07, 6.45) is 5.60. The molecule has 128 valence electrons. The van der Waals surface area contributed by atoms with Crippen molar-refractivity contribution in [3.63, 3.8) is 0 Å². The summed E-state index contributed by atoms with van der Waals surface area (Å²) in [7, 11) is 0. The molecule has 0 aliphatic rings. The first-order valence-electron chi connectivity index (χ1n) is 8.12. The van der Waals surface area contributed by atoms with Gasteiger partial charge in [0.15, 0.2) is 0 Å². The Hall–Kier alpha value is -2.60. The molecular weight excluding hydrogens is 330 g/mol. The van der Waals surface area contributed by atoms with Gasteiger partial charge in [0, 0.05) is 35.0 Å². The summed E-state index contributed by atoms with van der Waals surface area (Å²) in [6, 6.07) is 14.3. The van der Waals surface area contributed by atoms with E-state index in [0.717, 1.165) is 22.8 Å². The number of rotatable bonds is 6. The molecule has 2 aromatic heterocycles. The van der Waals surface area contributed by atoms with E-state index in [1.165, 1.54) is 4.90 Å². The first-order chi connectivity index (χ1) is 12.2. The number of thioether (sulfide) groups is 1. The second kappa shape index (κ2) is 7.98. The minimum Gasteiger partial charge on any atom is -0.352 e. The van der Waals surface area contributed by atoms with E-state index in [0.29, 0.717) is 5.95 Å². The van der Waals surface area contributed by atoms with E-state index in [4.69, 9.17) is 0 Å². The van der Waals surface area contributed by atoms with Crippen LogP contribution < -0.4 is 10.6 Å². The van der Waals surface area contributed by atoms with Gasteiger partial charge in [-0.05, 0) is 44.4 Å². The quantitative estimate of drug-likeness (QED) is 0.621. The smallest absolute Gasteiger partial charge is 0.225 e. The molecule has 0 aliphatic heterocycles. The number of hydrogen-bond acceptors (Lipinski definition) is 6. The van der Waals surface area contributed by atoms with Crippen LogP contribution in [0.2, 0.25) is 0 Å². The molecule has 0 bridgehead atoms. The van der Waals surface area contributed by atoms with Crippen LogP contribution >= 0.6 is 11.8 Å². The summed E-state index contributed by atoms with van der Waals surface area (Å²) in [5, 5.41) is 6.71. The van der Waals surface area contributed by atoms with Crippen LogP contribution in [0, 0.1) is 0 Å². The number of aromatic nitrogens is 3. The van der Waals surface area contributed by atoms with Crippen molar-refractivity contribution in [2.75, 3.05) is 16.9 Å². The third kappa shape index (κ3) is 4.48. The first kappa shape index (κ1) is 17.2. The molecule has 3 aromatic rings. The predicted octanol–water partition coefficient (Wildman–Crippen LogP) is 4.82. The zero-order valence-electron chi connectivity index (χ0n) is 14.5. The van der Waals surface area contributed by atoms with Gasteiger partial charge in [0.1, 0.15) is 5.82 Å². The molecule has 5 nitrogen and oxygen atoms in total. The highest BCUT2D eigenvalue weighted by Gasteiger charge is 2.09. The van der Waals surface area contributed by atoms with Crippen LogP contribution in [0.5, 0.6) is 0 Å². The van der Waals surface area contributed by atoms with Crippen molar-refractivity contribution in [3.8, 4) is 11.3 Å². The number of pyridine rings is 1.